The molecule has 20 heavy (non-hydrogen) atoms. The summed E-state index contributed by atoms with van der Waals surface area (Å²) in [4.78, 5) is 12.2. The van der Waals surface area contributed by atoms with Crippen LogP contribution in [0.1, 0.15) is 17.0 Å². The maximum absolute atomic E-state index is 12.2. The molecule has 0 spiro atoms. The van der Waals surface area contributed by atoms with Crippen molar-refractivity contribution in [2.75, 3.05) is 5.32 Å². The van der Waals surface area contributed by atoms with E-state index in [0.717, 1.165) is 15.9 Å². The van der Waals surface area contributed by atoms with Crippen LogP contribution in [0.15, 0.2) is 28.7 Å². The first-order chi connectivity index (χ1) is 9.43. The first-order valence-electron chi connectivity index (χ1n) is 6.25. The van der Waals surface area contributed by atoms with Gasteiger partial charge in [-0.3, -0.25) is 9.48 Å². The van der Waals surface area contributed by atoms with Crippen LogP contribution < -0.4 is 5.32 Å². The summed E-state index contributed by atoms with van der Waals surface area (Å²) in [6, 6.07) is 7.20. The molecular weight excluding hydrogens is 322 g/mol. The van der Waals surface area contributed by atoms with Gasteiger partial charge in [0.1, 0.15) is 0 Å². The number of hydrogen-bond acceptors (Lipinski definition) is 3. The Hall–Kier alpha value is -1.66. The van der Waals surface area contributed by atoms with Crippen molar-refractivity contribution in [1.82, 2.24) is 9.78 Å². The summed E-state index contributed by atoms with van der Waals surface area (Å²) >= 11 is 3.47. The summed E-state index contributed by atoms with van der Waals surface area (Å²) in [6.07, 6.45) is 0.174. The van der Waals surface area contributed by atoms with Crippen LogP contribution in [0, 0.1) is 6.92 Å². The molecule has 1 atom stereocenters. The number of nitrogens with zero attached hydrogens (tertiary/aromatic N) is 2. The summed E-state index contributed by atoms with van der Waals surface area (Å²) in [7, 11) is 1.80. The lowest BCUT2D eigenvalue weighted by molar-refractivity contribution is -0.133. The van der Waals surface area contributed by atoms with Gasteiger partial charge >= 0.3 is 0 Å². The quantitative estimate of drug-likeness (QED) is 0.880. The summed E-state index contributed by atoms with van der Waals surface area (Å²) in [6.45, 7) is 1.88. The second kappa shape index (κ2) is 4.43. The van der Waals surface area contributed by atoms with Gasteiger partial charge in [0.25, 0.3) is 5.91 Å². The van der Waals surface area contributed by atoms with E-state index in [1.807, 2.05) is 19.1 Å². The lowest BCUT2D eigenvalue weighted by atomic mass is 9.90. The Labute approximate surface area is 124 Å². The molecule has 0 aliphatic carbocycles. The lowest BCUT2D eigenvalue weighted by Crippen LogP contribution is -2.37. The standard InChI is InChI=1S/C14H14BrN3O2/c1-8-12(15)11(18(2)17-8)7-14(20)9-5-3-4-6-10(9)16-13(14)19/h3-6,20H,7H2,1-2H3,(H,16,19). The monoisotopic (exact) mass is 335 g/mol. The van der Waals surface area contributed by atoms with Crippen LogP contribution in [0.5, 0.6) is 0 Å². The Bertz CT molecular complexity index is 710. The van der Waals surface area contributed by atoms with E-state index in [9.17, 15) is 9.90 Å². The predicted molar refractivity (Wildman–Crippen MR) is 78.3 cm³/mol. The minimum absolute atomic E-state index is 0.174. The van der Waals surface area contributed by atoms with Crippen LogP contribution in [-0.4, -0.2) is 20.8 Å². The van der Waals surface area contributed by atoms with Gasteiger partial charge in [-0.25, -0.2) is 0 Å². The topological polar surface area (TPSA) is 67.1 Å². The highest BCUT2D eigenvalue weighted by Gasteiger charge is 2.46. The highest BCUT2D eigenvalue weighted by atomic mass is 79.9. The molecule has 6 heteroatoms. The van der Waals surface area contributed by atoms with Crippen molar-refractivity contribution in [3.05, 3.63) is 45.7 Å². The van der Waals surface area contributed by atoms with Crippen LogP contribution in [-0.2, 0) is 23.9 Å². The molecule has 0 bridgehead atoms. The third kappa shape index (κ3) is 1.79. The average molecular weight is 336 g/mol. The van der Waals surface area contributed by atoms with Gasteiger partial charge in [0.05, 0.1) is 15.9 Å². The number of benzene rings is 1. The number of carbonyl (C=O) groups excluding carboxylic acids is 1. The smallest absolute Gasteiger partial charge is 0.261 e. The Morgan fingerprint density at radius 1 is 1.45 bits per heavy atom. The zero-order valence-electron chi connectivity index (χ0n) is 11.1. The number of nitrogens with one attached hydrogen (secondary N) is 1. The molecule has 1 aromatic heterocycles. The zero-order chi connectivity index (χ0) is 14.5. The van der Waals surface area contributed by atoms with E-state index in [-0.39, 0.29) is 6.42 Å². The highest BCUT2D eigenvalue weighted by Crippen LogP contribution is 2.39. The Morgan fingerprint density at radius 2 is 2.15 bits per heavy atom. The number of carbonyl (C=O) groups is 1. The van der Waals surface area contributed by atoms with Crippen molar-refractivity contribution in [1.29, 1.82) is 0 Å². The SMILES string of the molecule is Cc1nn(C)c(CC2(O)C(=O)Nc3ccccc32)c1Br. The number of aliphatic hydroxyl groups is 1. The molecule has 3 rings (SSSR count). The van der Waals surface area contributed by atoms with Gasteiger partial charge in [0.2, 0.25) is 0 Å². The van der Waals surface area contributed by atoms with Crippen molar-refractivity contribution in [2.45, 2.75) is 18.9 Å². The third-order valence-corrected chi connectivity index (χ3v) is 4.71. The Morgan fingerprint density at radius 3 is 2.80 bits per heavy atom. The normalized spacial score (nSPS) is 20.9. The van der Waals surface area contributed by atoms with Crippen LogP contribution in [0.25, 0.3) is 0 Å². The molecule has 104 valence electrons. The fourth-order valence-electron chi connectivity index (χ4n) is 2.59. The predicted octanol–water partition coefficient (Wildman–Crippen LogP) is 1.87. The van der Waals surface area contributed by atoms with Gasteiger partial charge in [0, 0.05) is 24.7 Å². The number of hydrogen-bond donors (Lipinski definition) is 2. The van der Waals surface area contributed by atoms with Crippen molar-refractivity contribution in [2.24, 2.45) is 7.05 Å². The molecule has 0 radical (unpaired) electrons. The van der Waals surface area contributed by atoms with Gasteiger partial charge in [0.15, 0.2) is 5.60 Å². The van der Waals surface area contributed by atoms with E-state index in [0.29, 0.717) is 11.3 Å². The number of amides is 1. The molecule has 2 N–H and O–H groups in total. The average Bonchev–Trinajstić information content (AvgIpc) is 2.80. The summed E-state index contributed by atoms with van der Waals surface area (Å²) < 4.78 is 2.51. The van der Waals surface area contributed by atoms with Gasteiger partial charge in [-0.2, -0.15) is 5.10 Å². The second-order valence-corrected chi connectivity index (χ2v) is 5.80. The molecule has 5 nitrogen and oxygen atoms in total. The fourth-order valence-corrected chi connectivity index (χ4v) is 3.07. The third-order valence-electron chi connectivity index (χ3n) is 3.68. The minimum atomic E-state index is -1.56. The van der Waals surface area contributed by atoms with E-state index in [1.54, 1.807) is 23.9 Å². The first kappa shape index (κ1) is 13.3. The largest absolute Gasteiger partial charge is 0.375 e. The summed E-state index contributed by atoms with van der Waals surface area (Å²) in [5.74, 6) is -0.399. The van der Waals surface area contributed by atoms with E-state index in [2.05, 4.69) is 26.3 Å². The zero-order valence-corrected chi connectivity index (χ0v) is 12.7. The minimum Gasteiger partial charge on any atom is -0.375 e. The Balaban J connectivity index is 2.07. The molecule has 2 heterocycles. The molecule has 0 saturated carbocycles. The molecule has 1 aliphatic rings. The number of aromatic nitrogens is 2. The van der Waals surface area contributed by atoms with E-state index < -0.39 is 11.5 Å². The highest BCUT2D eigenvalue weighted by molar-refractivity contribution is 9.10. The van der Waals surface area contributed by atoms with Crippen molar-refractivity contribution in [3.63, 3.8) is 0 Å². The van der Waals surface area contributed by atoms with Crippen molar-refractivity contribution >= 4 is 27.5 Å². The summed E-state index contributed by atoms with van der Waals surface area (Å²) in [5, 5.41) is 17.9. The number of fused-ring (bicyclic) bond motifs is 1. The molecule has 0 fully saturated rings. The molecule has 1 aliphatic heterocycles. The van der Waals surface area contributed by atoms with Gasteiger partial charge in [-0.05, 0) is 28.9 Å². The molecule has 1 amide bonds. The molecule has 2 aromatic rings. The molecular formula is C14H14BrN3O2. The fraction of sp³-hybridized carbons (Fsp3) is 0.286. The van der Waals surface area contributed by atoms with E-state index in [1.165, 1.54) is 0 Å². The van der Waals surface area contributed by atoms with Gasteiger partial charge in [-0.1, -0.05) is 18.2 Å². The van der Waals surface area contributed by atoms with Crippen molar-refractivity contribution in [3.8, 4) is 0 Å². The summed E-state index contributed by atoms with van der Waals surface area (Å²) in [5.41, 5.74) is 1.33. The lowest BCUT2D eigenvalue weighted by Gasteiger charge is -2.21. The Kier molecular flexibility index (Phi) is 2.95. The number of rotatable bonds is 2. The van der Waals surface area contributed by atoms with E-state index in [4.69, 9.17) is 0 Å². The van der Waals surface area contributed by atoms with Crippen molar-refractivity contribution < 1.29 is 9.90 Å². The molecule has 1 unspecified atom stereocenters. The number of aryl methyl sites for hydroxylation is 2. The molecule has 1 aromatic carbocycles. The van der Waals surface area contributed by atoms with E-state index >= 15 is 0 Å². The number of para-hydroxylation sites is 1. The second-order valence-electron chi connectivity index (χ2n) is 5.01. The van der Waals surface area contributed by atoms with Crippen LogP contribution in [0.2, 0.25) is 0 Å². The van der Waals surface area contributed by atoms with Crippen LogP contribution in [0.4, 0.5) is 5.69 Å². The maximum atomic E-state index is 12.2. The van der Waals surface area contributed by atoms with Gasteiger partial charge < -0.3 is 10.4 Å². The number of halogens is 1. The van der Waals surface area contributed by atoms with Crippen LogP contribution in [0.3, 0.4) is 0 Å². The van der Waals surface area contributed by atoms with Crippen LogP contribution >= 0.6 is 15.9 Å². The molecule has 0 saturated heterocycles. The maximum Gasteiger partial charge on any atom is 0.261 e. The van der Waals surface area contributed by atoms with Gasteiger partial charge in [-0.15, -0.1) is 0 Å². The first-order valence-corrected chi connectivity index (χ1v) is 7.04. The number of anilines is 1.